The molecule has 0 unspecified atom stereocenters. The number of hydrogen-bond donors (Lipinski definition) is 0. The summed E-state index contributed by atoms with van der Waals surface area (Å²) in [6, 6.07) is 0. The maximum absolute atomic E-state index is 10.5. The van der Waals surface area contributed by atoms with Crippen LogP contribution < -0.4 is 0 Å². The monoisotopic (exact) mass is 185 g/mol. The van der Waals surface area contributed by atoms with Crippen LogP contribution >= 0.6 is 0 Å². The second-order valence-electron chi connectivity index (χ2n) is 1.78. The predicted molar refractivity (Wildman–Crippen MR) is 31.1 cm³/mol. The normalized spacial score (nSPS) is 9.00. The summed E-state index contributed by atoms with van der Waals surface area (Å²) in [4.78, 5) is 20.8. The SMILES string of the molecule is CC(=O)CC(=O)OC[CH2][Fe]. The molecule has 0 rings (SSSR count). The first-order valence-electron chi connectivity index (χ1n) is 2.86. The zero-order valence-electron chi connectivity index (χ0n) is 5.70. The van der Waals surface area contributed by atoms with E-state index in [2.05, 4.69) is 20.7 Å². The number of carbonyl (C=O) groups is 2. The number of ether oxygens (including phenoxy) is 1. The molecule has 0 fully saturated rings. The van der Waals surface area contributed by atoms with E-state index in [0.29, 0.717) is 11.9 Å². The van der Waals surface area contributed by atoms with E-state index in [1.165, 1.54) is 6.92 Å². The summed E-state index contributed by atoms with van der Waals surface area (Å²) < 4.78 is 4.58. The Bertz CT molecular complexity index is 133. The van der Waals surface area contributed by atoms with Crippen LogP contribution in [0.2, 0.25) is 5.32 Å². The van der Waals surface area contributed by atoms with E-state index in [1.54, 1.807) is 0 Å². The van der Waals surface area contributed by atoms with Crippen LogP contribution in [0.5, 0.6) is 0 Å². The molecular weight excluding hydrogens is 176 g/mol. The first kappa shape index (κ1) is 9.66. The summed E-state index contributed by atoms with van der Waals surface area (Å²) in [5.41, 5.74) is 0. The number of rotatable bonds is 4. The molecule has 0 atom stereocenters. The summed E-state index contributed by atoms with van der Waals surface area (Å²) >= 11 is 3.47. The molecule has 0 saturated carbocycles. The number of Topliss-reactive ketones (excluding diaryl/α,β-unsaturated/α-hetero) is 1. The molecule has 0 aliphatic rings. The van der Waals surface area contributed by atoms with E-state index in [9.17, 15) is 9.59 Å². The van der Waals surface area contributed by atoms with Gasteiger partial charge in [0.25, 0.3) is 0 Å². The molecule has 0 aromatic carbocycles. The molecule has 0 spiro atoms. The Morgan fingerprint density at radius 1 is 1.50 bits per heavy atom. The van der Waals surface area contributed by atoms with Gasteiger partial charge in [0.05, 0.1) is 0 Å². The molecule has 0 N–H and O–H groups in total. The van der Waals surface area contributed by atoms with Crippen molar-refractivity contribution in [3.8, 4) is 0 Å². The average molecular weight is 185 g/mol. The van der Waals surface area contributed by atoms with Gasteiger partial charge in [-0.05, 0) is 0 Å². The second-order valence-corrected chi connectivity index (χ2v) is 2.33. The van der Waals surface area contributed by atoms with Crippen LogP contribution in [0.3, 0.4) is 0 Å². The first-order chi connectivity index (χ1) is 4.66. The van der Waals surface area contributed by atoms with Crippen molar-refractivity contribution < 1.29 is 30.3 Å². The standard InChI is InChI=1S/C6H9O3.Fe/c1-3-9-6(8)4-5(2)7;/h1,3-4H2,2H3;. The number of carbonyl (C=O) groups excluding carboxylic acids is 2. The van der Waals surface area contributed by atoms with Gasteiger partial charge >= 0.3 is 67.4 Å². The summed E-state index contributed by atoms with van der Waals surface area (Å²) in [7, 11) is 0. The Morgan fingerprint density at radius 3 is 2.50 bits per heavy atom. The minimum atomic E-state index is -0.462. The van der Waals surface area contributed by atoms with Crippen LogP contribution in [0.4, 0.5) is 0 Å². The van der Waals surface area contributed by atoms with Gasteiger partial charge in [0.2, 0.25) is 0 Å². The summed E-state index contributed by atoms with van der Waals surface area (Å²) in [6.07, 6.45) is -0.125. The van der Waals surface area contributed by atoms with Gasteiger partial charge in [-0.2, -0.15) is 0 Å². The third-order valence-electron chi connectivity index (χ3n) is 0.729. The van der Waals surface area contributed by atoms with Crippen molar-refractivity contribution >= 4 is 11.8 Å². The van der Waals surface area contributed by atoms with Gasteiger partial charge in [-0.15, -0.1) is 0 Å². The minimum absolute atomic E-state index is 0.125. The molecule has 4 heteroatoms. The van der Waals surface area contributed by atoms with E-state index in [0.717, 1.165) is 0 Å². The molecule has 3 nitrogen and oxygen atoms in total. The molecular formula is C6H9FeO3. The van der Waals surface area contributed by atoms with E-state index in [4.69, 9.17) is 0 Å². The third-order valence-corrected chi connectivity index (χ3v) is 0.954. The molecule has 0 aromatic rings. The van der Waals surface area contributed by atoms with Gasteiger partial charge < -0.3 is 0 Å². The second kappa shape index (κ2) is 5.44. The van der Waals surface area contributed by atoms with Crippen molar-refractivity contribution in [3.63, 3.8) is 0 Å². The van der Waals surface area contributed by atoms with E-state index >= 15 is 0 Å². The molecule has 10 heavy (non-hydrogen) atoms. The van der Waals surface area contributed by atoms with Gasteiger partial charge in [-0.25, -0.2) is 0 Å². The van der Waals surface area contributed by atoms with Crippen molar-refractivity contribution in [2.24, 2.45) is 0 Å². The van der Waals surface area contributed by atoms with Crippen molar-refractivity contribution in [3.05, 3.63) is 0 Å². The molecule has 0 aromatic heterocycles. The topological polar surface area (TPSA) is 43.4 Å². The van der Waals surface area contributed by atoms with Crippen LogP contribution in [0, 0.1) is 0 Å². The first-order valence-corrected chi connectivity index (χ1v) is 3.64. The van der Waals surface area contributed by atoms with Gasteiger partial charge in [0.1, 0.15) is 0 Å². The fourth-order valence-corrected chi connectivity index (χ4v) is 0.517. The van der Waals surface area contributed by atoms with Crippen LogP contribution in [-0.4, -0.2) is 18.4 Å². The maximum atomic E-state index is 10.5. The van der Waals surface area contributed by atoms with Crippen molar-refractivity contribution in [1.29, 1.82) is 0 Å². The molecule has 0 aliphatic heterocycles. The van der Waals surface area contributed by atoms with Crippen molar-refractivity contribution in [2.45, 2.75) is 18.7 Å². The fraction of sp³-hybridized carbons (Fsp3) is 0.667. The quantitative estimate of drug-likeness (QED) is 0.363. The zero-order chi connectivity index (χ0) is 7.98. The van der Waals surface area contributed by atoms with E-state index in [1.807, 2.05) is 0 Å². The van der Waals surface area contributed by atoms with E-state index < -0.39 is 5.97 Å². The Balaban J connectivity index is 3.35. The molecule has 0 saturated heterocycles. The Morgan fingerprint density at radius 2 is 2.10 bits per heavy atom. The van der Waals surface area contributed by atoms with Gasteiger partial charge in [0.15, 0.2) is 0 Å². The molecule has 0 heterocycles. The molecule has 0 amide bonds. The number of ketones is 1. The van der Waals surface area contributed by atoms with Gasteiger partial charge in [0, 0.05) is 0 Å². The number of esters is 1. The molecule has 0 bridgehead atoms. The van der Waals surface area contributed by atoms with Crippen molar-refractivity contribution in [1.82, 2.24) is 0 Å². The Labute approximate surface area is 67.9 Å². The summed E-state index contributed by atoms with van der Waals surface area (Å²) in [5.74, 6) is -0.634. The van der Waals surface area contributed by atoms with Crippen LogP contribution in [0.1, 0.15) is 13.3 Å². The molecule has 59 valence electrons. The van der Waals surface area contributed by atoms with Crippen molar-refractivity contribution in [2.75, 3.05) is 6.61 Å². The summed E-state index contributed by atoms with van der Waals surface area (Å²) in [6.45, 7) is 1.65. The zero-order valence-corrected chi connectivity index (χ0v) is 6.80. The predicted octanol–water partition coefficient (Wildman–Crippen LogP) is 0.474. The summed E-state index contributed by atoms with van der Waals surface area (Å²) in [5, 5.41) is 0.545. The Kier molecular flexibility index (Phi) is 5.26. The fourth-order valence-electron chi connectivity index (χ4n) is 0.404. The van der Waals surface area contributed by atoms with Crippen LogP contribution in [0.25, 0.3) is 0 Å². The molecule has 0 radical (unpaired) electrons. The van der Waals surface area contributed by atoms with Gasteiger partial charge in [-0.1, -0.05) is 0 Å². The average Bonchev–Trinajstić information content (AvgIpc) is 1.82. The van der Waals surface area contributed by atoms with E-state index in [-0.39, 0.29) is 12.2 Å². The third kappa shape index (κ3) is 5.79. The van der Waals surface area contributed by atoms with Gasteiger partial charge in [-0.3, -0.25) is 0 Å². The van der Waals surface area contributed by atoms with Crippen LogP contribution in [0.15, 0.2) is 0 Å². The van der Waals surface area contributed by atoms with Crippen LogP contribution in [-0.2, 0) is 30.3 Å². The Hall–Kier alpha value is -0.341. The molecule has 0 aliphatic carbocycles. The number of hydrogen-bond acceptors (Lipinski definition) is 3.